The number of carbonyl (C=O) groups excluding carboxylic acids is 2. The Labute approximate surface area is 193 Å². The van der Waals surface area contributed by atoms with E-state index in [1.54, 1.807) is 17.0 Å². The number of carbonyl (C=O) groups is 2. The Hall–Kier alpha value is -2.95. The molecule has 11 heteroatoms. The monoisotopic (exact) mass is 478 g/mol. The van der Waals surface area contributed by atoms with E-state index in [2.05, 4.69) is 20.0 Å². The number of alkyl halides is 3. The molecule has 34 heavy (non-hydrogen) atoms. The lowest BCUT2D eigenvalue weighted by Crippen LogP contribution is -2.60. The first-order valence-corrected chi connectivity index (χ1v) is 11.5. The Bertz CT molecular complexity index is 1110. The molecule has 2 amide bonds. The Morgan fingerprint density at radius 1 is 1.26 bits per heavy atom. The van der Waals surface area contributed by atoms with Gasteiger partial charge in [-0.1, -0.05) is 37.1 Å². The lowest BCUT2D eigenvalue weighted by Gasteiger charge is -2.43. The summed E-state index contributed by atoms with van der Waals surface area (Å²) in [6.45, 7) is 3.18. The summed E-state index contributed by atoms with van der Waals surface area (Å²) >= 11 is 0. The Morgan fingerprint density at radius 3 is 2.68 bits per heavy atom. The number of amides is 2. The number of rotatable bonds is 5. The van der Waals surface area contributed by atoms with E-state index < -0.39 is 17.5 Å². The van der Waals surface area contributed by atoms with Gasteiger partial charge in [0, 0.05) is 23.7 Å². The van der Waals surface area contributed by atoms with Crippen molar-refractivity contribution in [2.75, 3.05) is 13.2 Å². The molecule has 1 aromatic heterocycles. The van der Waals surface area contributed by atoms with Gasteiger partial charge in [0.25, 0.3) is 5.91 Å². The van der Waals surface area contributed by atoms with E-state index in [9.17, 15) is 22.8 Å². The minimum atomic E-state index is -4.74. The summed E-state index contributed by atoms with van der Waals surface area (Å²) in [5, 5.41) is 6.60. The molecule has 1 saturated carbocycles. The number of nitrogens with zero attached hydrogens (tertiary/aromatic N) is 3. The topological polar surface area (TPSA) is 97.6 Å². The van der Waals surface area contributed by atoms with Crippen LogP contribution in [0.25, 0.3) is 11.4 Å². The number of hydrogen-bond acceptors (Lipinski definition) is 6. The Morgan fingerprint density at radius 2 is 2.03 bits per heavy atom. The second-order valence-electron chi connectivity index (χ2n) is 9.28. The van der Waals surface area contributed by atoms with Gasteiger partial charge in [-0.25, -0.2) is 0 Å². The van der Waals surface area contributed by atoms with Gasteiger partial charge < -0.3 is 19.5 Å². The fraction of sp³-hybridized carbons (Fsp3) is 0.565. The maximum Gasteiger partial charge on any atom is 0.471 e. The minimum absolute atomic E-state index is 0.0258. The number of nitrogens with one attached hydrogen (secondary N) is 1. The Balaban J connectivity index is 1.35. The molecular formula is C23H25F3N4O4. The lowest BCUT2D eigenvalue weighted by molar-refractivity contribution is -0.163. The highest BCUT2D eigenvalue weighted by Gasteiger charge is 2.46. The van der Waals surface area contributed by atoms with Crippen molar-refractivity contribution in [2.45, 2.75) is 63.8 Å². The third kappa shape index (κ3) is 3.85. The molecule has 2 atom stereocenters. The lowest BCUT2D eigenvalue weighted by atomic mass is 9.81. The van der Waals surface area contributed by atoms with Gasteiger partial charge in [-0.3, -0.25) is 9.59 Å². The minimum Gasteiger partial charge on any atom is -0.379 e. The van der Waals surface area contributed by atoms with E-state index in [1.165, 1.54) is 6.07 Å². The average Bonchev–Trinajstić information content (AvgIpc) is 3.39. The highest BCUT2D eigenvalue weighted by Crippen LogP contribution is 2.36. The highest BCUT2D eigenvalue weighted by atomic mass is 19.4. The molecule has 5 rings (SSSR count). The molecule has 8 nitrogen and oxygen atoms in total. The molecule has 0 unspecified atom stereocenters. The van der Waals surface area contributed by atoms with Gasteiger partial charge in [0.05, 0.1) is 24.7 Å². The number of aromatic nitrogens is 2. The second-order valence-corrected chi connectivity index (χ2v) is 9.28. The molecular weight excluding hydrogens is 453 g/mol. The van der Waals surface area contributed by atoms with E-state index in [4.69, 9.17) is 4.74 Å². The molecule has 3 heterocycles. The van der Waals surface area contributed by atoms with Gasteiger partial charge in [0.2, 0.25) is 11.7 Å². The maximum atomic E-state index is 13.3. The SMILES string of the molecule is CCC1(C(=O)N[C@@H]2CCCC[C@H]2N2Cc3ccc(-c4noc(C(F)(F)F)n4)cc3C2=O)COC1. The molecule has 2 aliphatic heterocycles. The number of fused-ring (bicyclic) bond motifs is 1. The molecule has 1 aliphatic carbocycles. The van der Waals surface area contributed by atoms with Crippen molar-refractivity contribution in [1.82, 2.24) is 20.4 Å². The van der Waals surface area contributed by atoms with Crippen LogP contribution in [-0.2, 0) is 22.3 Å². The summed E-state index contributed by atoms with van der Waals surface area (Å²) in [5.74, 6) is -1.89. The first-order chi connectivity index (χ1) is 16.2. The van der Waals surface area contributed by atoms with E-state index in [1.807, 2.05) is 6.92 Å². The summed E-state index contributed by atoms with van der Waals surface area (Å²) in [7, 11) is 0. The molecule has 182 valence electrons. The summed E-state index contributed by atoms with van der Waals surface area (Å²) in [4.78, 5) is 31.5. The predicted octanol–water partition coefficient (Wildman–Crippen LogP) is 3.57. The molecule has 2 aromatic rings. The van der Waals surface area contributed by atoms with Crippen molar-refractivity contribution >= 4 is 11.8 Å². The van der Waals surface area contributed by atoms with Crippen molar-refractivity contribution in [2.24, 2.45) is 5.41 Å². The molecule has 0 bridgehead atoms. The number of halogens is 3. The van der Waals surface area contributed by atoms with Crippen LogP contribution in [0, 0.1) is 5.41 Å². The largest absolute Gasteiger partial charge is 0.471 e. The van der Waals surface area contributed by atoms with Gasteiger partial charge in [-0.05, 0) is 30.9 Å². The van der Waals surface area contributed by atoms with Crippen LogP contribution in [0.3, 0.4) is 0 Å². The van der Waals surface area contributed by atoms with Crippen molar-refractivity contribution in [3.8, 4) is 11.4 Å². The van der Waals surface area contributed by atoms with Crippen molar-refractivity contribution < 1.29 is 32.0 Å². The quantitative estimate of drug-likeness (QED) is 0.706. The highest BCUT2D eigenvalue weighted by molar-refractivity contribution is 5.99. The van der Waals surface area contributed by atoms with Crippen LogP contribution in [0.2, 0.25) is 0 Å². The number of benzene rings is 1. The first-order valence-electron chi connectivity index (χ1n) is 11.5. The smallest absolute Gasteiger partial charge is 0.379 e. The van der Waals surface area contributed by atoms with Crippen LogP contribution in [-0.4, -0.2) is 52.2 Å². The molecule has 2 fully saturated rings. The Kier molecular flexibility index (Phi) is 5.62. The van der Waals surface area contributed by atoms with Gasteiger partial charge in [-0.2, -0.15) is 18.2 Å². The third-order valence-corrected chi connectivity index (χ3v) is 7.23. The van der Waals surface area contributed by atoms with Crippen LogP contribution in [0.15, 0.2) is 22.7 Å². The van der Waals surface area contributed by atoms with E-state index >= 15 is 0 Å². The van der Waals surface area contributed by atoms with Gasteiger partial charge in [0.1, 0.15) is 0 Å². The van der Waals surface area contributed by atoms with Crippen LogP contribution in [0.1, 0.15) is 60.8 Å². The standard InChI is InChI=1S/C23H25F3N4O4/c1-2-22(11-33-12-22)20(32)27-16-5-3-4-6-17(16)30-10-14-8-7-13(9-15(14)19(30)31)18-28-21(34-29-18)23(24,25)26/h7-9,16-17H,2-6,10-12H2,1H3,(H,27,32)/t16-,17-/m1/s1. The van der Waals surface area contributed by atoms with E-state index in [0.29, 0.717) is 31.7 Å². The molecule has 3 aliphatic rings. The maximum absolute atomic E-state index is 13.3. The van der Waals surface area contributed by atoms with Crippen molar-refractivity contribution in [3.63, 3.8) is 0 Å². The van der Waals surface area contributed by atoms with Gasteiger partial charge in [-0.15, -0.1) is 0 Å². The normalized spacial score (nSPS) is 24.0. The zero-order chi connectivity index (χ0) is 24.1. The second kappa shape index (κ2) is 8.37. The molecule has 0 radical (unpaired) electrons. The number of hydrogen-bond donors (Lipinski definition) is 1. The van der Waals surface area contributed by atoms with Gasteiger partial charge in [0.15, 0.2) is 0 Å². The van der Waals surface area contributed by atoms with Crippen LogP contribution >= 0.6 is 0 Å². The fourth-order valence-corrected chi connectivity index (χ4v) is 5.00. The van der Waals surface area contributed by atoms with Crippen molar-refractivity contribution in [1.29, 1.82) is 0 Å². The summed E-state index contributed by atoms with van der Waals surface area (Å²) < 4.78 is 48.0. The fourth-order valence-electron chi connectivity index (χ4n) is 5.00. The summed E-state index contributed by atoms with van der Waals surface area (Å²) in [5.41, 5.74) is 0.969. The summed E-state index contributed by atoms with van der Waals surface area (Å²) in [6.07, 6.45) is -0.572. The van der Waals surface area contributed by atoms with Crippen LogP contribution in [0.5, 0.6) is 0 Å². The molecule has 1 saturated heterocycles. The molecule has 1 aromatic carbocycles. The average molecular weight is 478 g/mol. The first kappa shape index (κ1) is 22.8. The third-order valence-electron chi connectivity index (χ3n) is 7.23. The van der Waals surface area contributed by atoms with Crippen LogP contribution in [0.4, 0.5) is 13.2 Å². The van der Waals surface area contributed by atoms with Gasteiger partial charge >= 0.3 is 12.1 Å². The van der Waals surface area contributed by atoms with Crippen molar-refractivity contribution in [3.05, 3.63) is 35.2 Å². The van der Waals surface area contributed by atoms with E-state index in [-0.39, 0.29) is 35.3 Å². The van der Waals surface area contributed by atoms with Crippen LogP contribution < -0.4 is 5.32 Å². The predicted molar refractivity (Wildman–Crippen MR) is 112 cm³/mol. The molecule has 0 spiro atoms. The molecule has 1 N–H and O–H groups in total. The van der Waals surface area contributed by atoms with E-state index in [0.717, 1.165) is 31.2 Å². The zero-order valence-corrected chi connectivity index (χ0v) is 18.7. The zero-order valence-electron chi connectivity index (χ0n) is 18.7. The summed E-state index contributed by atoms with van der Waals surface area (Å²) in [6, 6.07) is 4.49. The number of ether oxygens (including phenoxy) is 1.